The first-order chi connectivity index (χ1) is 9.13. The Morgan fingerprint density at radius 2 is 1.84 bits per heavy atom. The molecule has 0 saturated carbocycles. The van der Waals surface area contributed by atoms with E-state index in [1.165, 1.54) is 0 Å². The SMILES string of the molecule is CC(C)c1ccccc1Oc1c(Br)cccc1C#N. The highest BCUT2D eigenvalue weighted by atomic mass is 79.9. The van der Waals surface area contributed by atoms with E-state index in [9.17, 15) is 0 Å². The van der Waals surface area contributed by atoms with Crippen molar-refractivity contribution in [3.63, 3.8) is 0 Å². The van der Waals surface area contributed by atoms with Crippen molar-refractivity contribution < 1.29 is 4.74 Å². The molecule has 0 radical (unpaired) electrons. The highest BCUT2D eigenvalue weighted by Crippen LogP contribution is 2.36. The number of nitriles is 1. The molecule has 0 aliphatic carbocycles. The van der Waals surface area contributed by atoms with E-state index in [2.05, 4.69) is 35.8 Å². The zero-order chi connectivity index (χ0) is 13.8. The monoisotopic (exact) mass is 315 g/mol. The van der Waals surface area contributed by atoms with Gasteiger partial charge in [-0.05, 0) is 45.6 Å². The largest absolute Gasteiger partial charge is 0.454 e. The minimum absolute atomic E-state index is 0.365. The lowest BCUT2D eigenvalue weighted by Gasteiger charge is -2.15. The van der Waals surface area contributed by atoms with Gasteiger partial charge in [-0.3, -0.25) is 0 Å². The van der Waals surface area contributed by atoms with Gasteiger partial charge in [0.25, 0.3) is 0 Å². The number of halogens is 1. The lowest BCUT2D eigenvalue weighted by molar-refractivity contribution is 0.469. The van der Waals surface area contributed by atoms with Gasteiger partial charge in [0.05, 0.1) is 10.0 Å². The smallest absolute Gasteiger partial charge is 0.159 e. The predicted octanol–water partition coefficient (Wildman–Crippen LogP) is 5.24. The van der Waals surface area contributed by atoms with Gasteiger partial charge in [-0.2, -0.15) is 5.26 Å². The fourth-order valence-corrected chi connectivity index (χ4v) is 2.31. The second-order valence-electron chi connectivity index (χ2n) is 4.52. The Bertz CT molecular complexity index is 629. The average Bonchev–Trinajstić information content (AvgIpc) is 2.41. The third-order valence-corrected chi connectivity index (χ3v) is 3.46. The lowest BCUT2D eigenvalue weighted by Crippen LogP contribution is -1.95. The van der Waals surface area contributed by atoms with Gasteiger partial charge in [-0.25, -0.2) is 0 Å². The molecule has 0 heterocycles. The van der Waals surface area contributed by atoms with E-state index in [4.69, 9.17) is 10.00 Å². The number of nitrogens with zero attached hydrogens (tertiary/aromatic N) is 1. The van der Waals surface area contributed by atoms with Gasteiger partial charge >= 0.3 is 0 Å². The van der Waals surface area contributed by atoms with E-state index in [0.29, 0.717) is 17.2 Å². The molecule has 2 aromatic rings. The van der Waals surface area contributed by atoms with E-state index in [1.54, 1.807) is 6.07 Å². The third-order valence-electron chi connectivity index (χ3n) is 2.84. The quantitative estimate of drug-likeness (QED) is 0.776. The van der Waals surface area contributed by atoms with Crippen LogP contribution in [0.3, 0.4) is 0 Å². The van der Waals surface area contributed by atoms with Crippen LogP contribution < -0.4 is 4.74 Å². The molecule has 0 spiro atoms. The van der Waals surface area contributed by atoms with Crippen LogP contribution >= 0.6 is 15.9 Å². The molecule has 2 aromatic carbocycles. The minimum Gasteiger partial charge on any atom is -0.454 e. The Hall–Kier alpha value is -1.79. The summed E-state index contributed by atoms with van der Waals surface area (Å²) in [5.41, 5.74) is 1.65. The predicted molar refractivity (Wildman–Crippen MR) is 79.5 cm³/mol. The second kappa shape index (κ2) is 5.90. The van der Waals surface area contributed by atoms with Crippen molar-refractivity contribution in [2.75, 3.05) is 0 Å². The van der Waals surface area contributed by atoms with Gasteiger partial charge in [-0.15, -0.1) is 0 Å². The van der Waals surface area contributed by atoms with Gasteiger partial charge in [0.15, 0.2) is 5.75 Å². The standard InChI is InChI=1S/C16H14BrNO/c1-11(2)13-7-3-4-9-15(13)19-16-12(10-18)6-5-8-14(16)17/h3-9,11H,1-2H3. The van der Waals surface area contributed by atoms with Crippen molar-refractivity contribution in [2.24, 2.45) is 0 Å². The number of rotatable bonds is 3. The van der Waals surface area contributed by atoms with E-state index < -0.39 is 0 Å². The summed E-state index contributed by atoms with van der Waals surface area (Å²) in [6.07, 6.45) is 0. The molecule has 0 amide bonds. The molecule has 2 nitrogen and oxygen atoms in total. The first-order valence-corrected chi connectivity index (χ1v) is 6.88. The fraction of sp³-hybridized carbons (Fsp3) is 0.188. The molecule has 96 valence electrons. The van der Waals surface area contributed by atoms with Crippen LogP contribution in [0.25, 0.3) is 0 Å². The van der Waals surface area contributed by atoms with E-state index in [1.807, 2.05) is 36.4 Å². The van der Waals surface area contributed by atoms with Crippen molar-refractivity contribution in [3.8, 4) is 17.6 Å². The number of hydrogen-bond donors (Lipinski definition) is 0. The molecule has 0 fully saturated rings. The number of benzene rings is 2. The van der Waals surface area contributed by atoms with Crippen LogP contribution in [0.1, 0.15) is 30.9 Å². The van der Waals surface area contributed by atoms with Crippen molar-refractivity contribution in [1.82, 2.24) is 0 Å². The summed E-state index contributed by atoms with van der Waals surface area (Å²) >= 11 is 3.43. The van der Waals surface area contributed by atoms with Crippen LogP contribution in [0.15, 0.2) is 46.9 Å². The van der Waals surface area contributed by atoms with Crippen molar-refractivity contribution in [1.29, 1.82) is 5.26 Å². The minimum atomic E-state index is 0.365. The molecule has 0 atom stereocenters. The average molecular weight is 316 g/mol. The van der Waals surface area contributed by atoms with E-state index in [-0.39, 0.29) is 0 Å². The first-order valence-electron chi connectivity index (χ1n) is 6.09. The number of ether oxygens (including phenoxy) is 1. The molecule has 0 unspecified atom stereocenters. The lowest BCUT2D eigenvalue weighted by atomic mass is 10.0. The molecule has 0 aromatic heterocycles. The molecule has 0 aliphatic heterocycles. The van der Waals surface area contributed by atoms with Crippen LogP contribution in [-0.4, -0.2) is 0 Å². The molecular weight excluding hydrogens is 302 g/mol. The summed E-state index contributed by atoms with van der Waals surface area (Å²) in [4.78, 5) is 0. The van der Waals surface area contributed by atoms with Crippen LogP contribution in [0, 0.1) is 11.3 Å². The summed E-state index contributed by atoms with van der Waals surface area (Å²) in [6, 6.07) is 15.5. The maximum Gasteiger partial charge on any atom is 0.159 e. The molecule has 3 heteroatoms. The maximum absolute atomic E-state index is 9.15. The second-order valence-corrected chi connectivity index (χ2v) is 5.38. The Morgan fingerprint density at radius 1 is 1.11 bits per heavy atom. The molecule has 2 rings (SSSR count). The summed E-state index contributed by atoms with van der Waals surface area (Å²) in [6.45, 7) is 4.24. The number of para-hydroxylation sites is 2. The first kappa shape index (κ1) is 13.6. The Labute approximate surface area is 121 Å². The maximum atomic E-state index is 9.15. The summed E-state index contributed by atoms with van der Waals surface area (Å²) in [7, 11) is 0. The Kier molecular flexibility index (Phi) is 4.24. The molecule has 0 saturated heterocycles. The highest BCUT2D eigenvalue weighted by Gasteiger charge is 2.12. The van der Waals surface area contributed by atoms with Crippen LogP contribution in [0.5, 0.6) is 11.5 Å². The molecule has 0 N–H and O–H groups in total. The third kappa shape index (κ3) is 2.97. The van der Waals surface area contributed by atoms with Gasteiger partial charge < -0.3 is 4.74 Å². The Balaban J connectivity index is 2.46. The van der Waals surface area contributed by atoms with Crippen molar-refractivity contribution >= 4 is 15.9 Å². The normalized spacial score (nSPS) is 10.3. The van der Waals surface area contributed by atoms with E-state index >= 15 is 0 Å². The molecular formula is C16H14BrNO. The van der Waals surface area contributed by atoms with Gasteiger partial charge in [0.1, 0.15) is 11.8 Å². The summed E-state index contributed by atoms with van der Waals surface area (Å²) in [5.74, 6) is 1.73. The van der Waals surface area contributed by atoms with Crippen LogP contribution in [0.2, 0.25) is 0 Å². The van der Waals surface area contributed by atoms with Crippen LogP contribution in [-0.2, 0) is 0 Å². The van der Waals surface area contributed by atoms with Gasteiger partial charge in [0, 0.05) is 0 Å². The zero-order valence-electron chi connectivity index (χ0n) is 10.9. The van der Waals surface area contributed by atoms with Gasteiger partial charge in [-0.1, -0.05) is 38.1 Å². The van der Waals surface area contributed by atoms with Crippen molar-refractivity contribution in [2.45, 2.75) is 19.8 Å². The van der Waals surface area contributed by atoms with Crippen molar-refractivity contribution in [3.05, 3.63) is 58.1 Å². The summed E-state index contributed by atoms with van der Waals surface area (Å²) < 4.78 is 6.74. The molecule has 19 heavy (non-hydrogen) atoms. The number of hydrogen-bond acceptors (Lipinski definition) is 2. The Morgan fingerprint density at radius 3 is 2.53 bits per heavy atom. The van der Waals surface area contributed by atoms with Gasteiger partial charge in [0.2, 0.25) is 0 Å². The van der Waals surface area contributed by atoms with E-state index in [0.717, 1.165) is 15.8 Å². The van der Waals surface area contributed by atoms with Crippen LogP contribution in [0.4, 0.5) is 0 Å². The fourth-order valence-electron chi connectivity index (χ4n) is 1.86. The zero-order valence-corrected chi connectivity index (χ0v) is 12.4. The summed E-state index contributed by atoms with van der Waals surface area (Å²) in [5, 5.41) is 9.15. The molecule has 0 bridgehead atoms. The highest BCUT2D eigenvalue weighted by molar-refractivity contribution is 9.10. The molecule has 0 aliphatic rings. The topological polar surface area (TPSA) is 33.0 Å².